The predicted octanol–water partition coefficient (Wildman–Crippen LogP) is -0.00440. The average molecular weight is 130 g/mol. The highest BCUT2D eigenvalue weighted by atomic mass is 16.5. The maximum atomic E-state index is 10.6. The predicted molar refractivity (Wildman–Crippen MR) is 38.4 cm³/mol. The molecule has 2 nitrogen and oxygen atoms in total. The summed E-state index contributed by atoms with van der Waals surface area (Å²) in [6.07, 6.45) is 1.59. The summed E-state index contributed by atoms with van der Waals surface area (Å²) in [5.41, 5.74) is 0.223. The van der Waals surface area contributed by atoms with Gasteiger partial charge in [0, 0.05) is 0 Å². The number of ether oxygens (including phenoxy) is 1. The molecule has 1 heterocycles. The van der Waals surface area contributed by atoms with Crippen LogP contribution < -0.4 is 0 Å². The summed E-state index contributed by atoms with van der Waals surface area (Å²) in [6, 6.07) is 0. The van der Waals surface area contributed by atoms with E-state index >= 15 is 0 Å². The Hall–Kier alpha value is -0.920. The van der Waals surface area contributed by atoms with E-state index in [0.717, 1.165) is 0 Å². The van der Waals surface area contributed by atoms with E-state index in [1.54, 1.807) is 13.0 Å². The summed E-state index contributed by atoms with van der Waals surface area (Å²) < 4.78 is 4.63. The summed E-state index contributed by atoms with van der Waals surface area (Å²) in [5.74, 6) is -0.215. The third-order valence-electron chi connectivity index (χ3n) is 1.24. The molecule has 0 aromatic heterocycles. The van der Waals surface area contributed by atoms with Crippen molar-refractivity contribution in [2.75, 3.05) is 0 Å². The highest BCUT2D eigenvalue weighted by Crippen LogP contribution is 2.20. The summed E-state index contributed by atoms with van der Waals surface area (Å²) in [4.78, 5) is 10.6. The van der Waals surface area contributed by atoms with Crippen LogP contribution in [0.1, 0.15) is 6.92 Å². The Balaban J connectivity index is 3.06. The van der Waals surface area contributed by atoms with Gasteiger partial charge in [0.15, 0.2) is 0 Å². The lowest BCUT2D eigenvalue weighted by Gasteiger charge is -1.94. The van der Waals surface area contributed by atoms with E-state index in [-0.39, 0.29) is 10.9 Å². The number of hydrogen-bond donors (Lipinski definition) is 0. The number of allylic oxidation sites excluding steroid dienone is 2. The average Bonchev–Trinajstić information content (AvgIpc) is 2.17. The van der Waals surface area contributed by atoms with Crippen LogP contribution in [0.5, 0.6) is 0 Å². The van der Waals surface area contributed by atoms with E-state index in [2.05, 4.69) is 4.74 Å². The zero-order valence-corrected chi connectivity index (χ0v) is 5.55. The van der Waals surface area contributed by atoms with Crippen molar-refractivity contribution in [3.05, 3.63) is 22.8 Å². The van der Waals surface area contributed by atoms with Gasteiger partial charge in [-0.25, -0.2) is 4.79 Å². The maximum absolute atomic E-state index is 10.6. The molecule has 0 aromatic carbocycles. The van der Waals surface area contributed by atoms with Gasteiger partial charge in [-0.3, -0.25) is 0 Å². The molecule has 1 rings (SSSR count). The molecule has 0 spiro atoms. The standard InChI is InChI=1S/C6H4B2O2/c1-2-3-4(7)5(8)6(9)10-3/h2H,1H3/b3-2+. The van der Waals surface area contributed by atoms with Crippen LogP contribution in [0.2, 0.25) is 0 Å². The van der Waals surface area contributed by atoms with Crippen molar-refractivity contribution in [2.45, 2.75) is 6.92 Å². The molecular weight excluding hydrogens is 126 g/mol. The molecule has 0 amide bonds. The lowest BCUT2D eigenvalue weighted by atomic mass is 9.81. The summed E-state index contributed by atoms with van der Waals surface area (Å²) >= 11 is 0. The maximum Gasteiger partial charge on any atom is 0.328 e. The first-order chi connectivity index (χ1) is 4.66. The largest absolute Gasteiger partial charge is 0.425 e. The van der Waals surface area contributed by atoms with Crippen LogP contribution in [0, 0.1) is 0 Å². The van der Waals surface area contributed by atoms with Crippen LogP contribution in [0.15, 0.2) is 22.8 Å². The summed E-state index contributed by atoms with van der Waals surface area (Å²) in [7, 11) is 10.6. The van der Waals surface area contributed by atoms with Crippen molar-refractivity contribution in [3.63, 3.8) is 0 Å². The fraction of sp³-hybridized carbons (Fsp3) is 0.167. The van der Waals surface area contributed by atoms with E-state index in [4.69, 9.17) is 15.7 Å². The zero-order valence-electron chi connectivity index (χ0n) is 5.55. The molecule has 4 radical (unpaired) electrons. The van der Waals surface area contributed by atoms with Gasteiger partial charge in [-0.05, 0) is 18.5 Å². The van der Waals surface area contributed by atoms with Crippen LogP contribution in [-0.4, -0.2) is 21.7 Å². The molecule has 0 saturated carbocycles. The highest BCUT2D eigenvalue weighted by molar-refractivity contribution is 6.44. The van der Waals surface area contributed by atoms with Crippen LogP contribution >= 0.6 is 0 Å². The van der Waals surface area contributed by atoms with Gasteiger partial charge >= 0.3 is 5.97 Å². The Labute approximate surface area is 61.8 Å². The number of carbonyl (C=O) groups is 1. The van der Waals surface area contributed by atoms with E-state index < -0.39 is 5.97 Å². The Bertz CT molecular complexity index is 240. The molecule has 10 heavy (non-hydrogen) atoms. The van der Waals surface area contributed by atoms with Gasteiger partial charge in [0.1, 0.15) is 21.5 Å². The van der Waals surface area contributed by atoms with Crippen LogP contribution in [0.4, 0.5) is 0 Å². The van der Waals surface area contributed by atoms with Gasteiger partial charge < -0.3 is 4.74 Å². The fourth-order valence-electron chi connectivity index (χ4n) is 0.667. The van der Waals surface area contributed by atoms with Crippen molar-refractivity contribution in [3.8, 4) is 0 Å². The number of rotatable bonds is 0. The van der Waals surface area contributed by atoms with Crippen LogP contribution in [-0.2, 0) is 9.53 Å². The molecule has 0 saturated heterocycles. The molecule has 46 valence electrons. The van der Waals surface area contributed by atoms with Gasteiger partial charge in [-0.1, -0.05) is 5.47 Å². The van der Waals surface area contributed by atoms with Crippen LogP contribution in [0.25, 0.3) is 0 Å². The molecule has 0 unspecified atom stereocenters. The summed E-state index contributed by atoms with van der Waals surface area (Å²) in [6.45, 7) is 1.72. The smallest absolute Gasteiger partial charge is 0.328 e. The minimum absolute atomic E-state index is 0.00639. The zero-order chi connectivity index (χ0) is 7.72. The summed E-state index contributed by atoms with van der Waals surface area (Å²) in [5, 5.41) is 0. The van der Waals surface area contributed by atoms with Crippen molar-refractivity contribution in [2.24, 2.45) is 0 Å². The van der Waals surface area contributed by atoms with Gasteiger partial charge in [0.05, 0.1) is 0 Å². The fourth-order valence-corrected chi connectivity index (χ4v) is 0.667. The number of cyclic esters (lactones) is 1. The second kappa shape index (κ2) is 2.37. The molecule has 1 aliphatic rings. The quantitative estimate of drug-likeness (QED) is 0.340. The first-order valence-electron chi connectivity index (χ1n) is 2.81. The Morgan fingerprint density at radius 2 is 2.00 bits per heavy atom. The monoisotopic (exact) mass is 130 g/mol. The Morgan fingerprint density at radius 3 is 2.20 bits per heavy atom. The van der Waals surface area contributed by atoms with Crippen molar-refractivity contribution in [1.82, 2.24) is 0 Å². The Kier molecular flexibility index (Phi) is 1.70. The van der Waals surface area contributed by atoms with Gasteiger partial charge in [0.25, 0.3) is 0 Å². The molecule has 0 aliphatic carbocycles. The normalized spacial score (nSPS) is 22.1. The van der Waals surface area contributed by atoms with Gasteiger partial charge in [0.2, 0.25) is 0 Å². The first-order valence-corrected chi connectivity index (χ1v) is 2.81. The minimum Gasteiger partial charge on any atom is -0.425 e. The molecule has 0 N–H and O–H groups in total. The van der Waals surface area contributed by atoms with E-state index in [9.17, 15) is 4.79 Å². The number of esters is 1. The highest BCUT2D eigenvalue weighted by Gasteiger charge is 2.20. The number of carbonyl (C=O) groups excluding carboxylic acids is 1. The minimum atomic E-state index is -0.564. The van der Waals surface area contributed by atoms with Gasteiger partial charge in [-0.2, -0.15) is 0 Å². The second-order valence-electron chi connectivity index (χ2n) is 1.87. The van der Waals surface area contributed by atoms with E-state index in [1.807, 2.05) is 0 Å². The molecule has 0 aromatic rings. The van der Waals surface area contributed by atoms with E-state index in [1.165, 1.54) is 0 Å². The lowest BCUT2D eigenvalue weighted by Crippen LogP contribution is -1.97. The van der Waals surface area contributed by atoms with Crippen molar-refractivity contribution >= 4 is 21.7 Å². The molecule has 0 atom stereocenters. The van der Waals surface area contributed by atoms with Crippen molar-refractivity contribution in [1.29, 1.82) is 0 Å². The van der Waals surface area contributed by atoms with Crippen molar-refractivity contribution < 1.29 is 9.53 Å². The third kappa shape index (κ3) is 0.897. The van der Waals surface area contributed by atoms with Crippen LogP contribution in [0.3, 0.4) is 0 Å². The topological polar surface area (TPSA) is 26.3 Å². The third-order valence-corrected chi connectivity index (χ3v) is 1.24. The molecule has 1 aliphatic heterocycles. The molecular formula is C6H4B2O2. The molecule has 4 heteroatoms. The Morgan fingerprint density at radius 1 is 1.40 bits per heavy atom. The van der Waals surface area contributed by atoms with E-state index in [0.29, 0.717) is 5.76 Å². The molecule has 0 bridgehead atoms. The lowest BCUT2D eigenvalue weighted by molar-refractivity contribution is -0.132. The number of hydrogen-bond acceptors (Lipinski definition) is 2. The molecule has 0 fully saturated rings. The second-order valence-corrected chi connectivity index (χ2v) is 1.87. The van der Waals surface area contributed by atoms with Gasteiger partial charge in [-0.15, -0.1) is 0 Å². The SMILES string of the molecule is [B]C1=C([B])/C(=C\C)OC1=O. The first kappa shape index (κ1) is 7.19.